The van der Waals surface area contributed by atoms with E-state index in [0.717, 1.165) is 12.8 Å². The van der Waals surface area contributed by atoms with Gasteiger partial charge in [0.1, 0.15) is 12.1 Å². The van der Waals surface area contributed by atoms with Gasteiger partial charge < -0.3 is 15.4 Å². The van der Waals surface area contributed by atoms with Crippen LogP contribution < -0.4 is 15.4 Å². The van der Waals surface area contributed by atoms with Crippen LogP contribution in [0.1, 0.15) is 43.5 Å². The lowest BCUT2D eigenvalue weighted by atomic mass is 10.1. The zero-order chi connectivity index (χ0) is 22.7. The maximum atomic E-state index is 12.5. The molecule has 0 spiro atoms. The molecule has 0 saturated heterocycles. The molecule has 0 unspecified atom stereocenters. The summed E-state index contributed by atoms with van der Waals surface area (Å²) < 4.78 is 7.34. The minimum Gasteiger partial charge on any atom is -0.492 e. The summed E-state index contributed by atoms with van der Waals surface area (Å²) in [6.45, 7) is 4.45. The van der Waals surface area contributed by atoms with Gasteiger partial charge in [-0.05, 0) is 25.8 Å². The van der Waals surface area contributed by atoms with Crippen LogP contribution in [0.4, 0.5) is 17.3 Å². The first kappa shape index (κ1) is 21.4. The molecule has 0 radical (unpaired) electrons. The molecule has 3 heterocycles. The molecular formula is C22H25N7O3. The van der Waals surface area contributed by atoms with Gasteiger partial charge in [-0.2, -0.15) is 5.10 Å². The zero-order valence-electron chi connectivity index (χ0n) is 18.3. The first-order valence-corrected chi connectivity index (χ1v) is 10.6. The van der Waals surface area contributed by atoms with E-state index in [1.54, 1.807) is 36.3 Å². The lowest BCUT2D eigenvalue weighted by Gasteiger charge is -2.15. The lowest BCUT2D eigenvalue weighted by molar-refractivity contribution is -0.117. The van der Waals surface area contributed by atoms with E-state index < -0.39 is 0 Å². The van der Waals surface area contributed by atoms with E-state index in [1.807, 2.05) is 6.92 Å². The molecule has 166 valence electrons. The van der Waals surface area contributed by atoms with Gasteiger partial charge in [0.2, 0.25) is 5.91 Å². The van der Waals surface area contributed by atoms with E-state index in [1.165, 1.54) is 13.3 Å². The molecule has 32 heavy (non-hydrogen) atoms. The predicted molar refractivity (Wildman–Crippen MR) is 119 cm³/mol. The largest absolute Gasteiger partial charge is 0.492 e. The number of hydrogen-bond donors (Lipinski definition) is 2. The molecule has 0 atom stereocenters. The molecule has 10 nitrogen and oxygen atoms in total. The molecule has 0 aliphatic heterocycles. The van der Waals surface area contributed by atoms with Crippen LogP contribution in [0.5, 0.6) is 5.75 Å². The Morgan fingerprint density at radius 3 is 2.69 bits per heavy atom. The molecule has 2 N–H and O–H groups in total. The van der Waals surface area contributed by atoms with Crippen LogP contribution >= 0.6 is 0 Å². The van der Waals surface area contributed by atoms with Crippen LogP contribution in [0.25, 0.3) is 11.4 Å². The van der Waals surface area contributed by atoms with Gasteiger partial charge in [0.05, 0.1) is 23.9 Å². The van der Waals surface area contributed by atoms with Crippen molar-refractivity contribution in [2.24, 2.45) is 5.92 Å². The first-order valence-electron chi connectivity index (χ1n) is 10.6. The number of aromatic nitrogens is 5. The summed E-state index contributed by atoms with van der Waals surface area (Å²) >= 11 is 0. The molecule has 0 aromatic carbocycles. The molecule has 1 amide bonds. The average molecular weight is 435 g/mol. The van der Waals surface area contributed by atoms with Crippen molar-refractivity contribution in [2.75, 3.05) is 17.7 Å². The fraction of sp³-hybridized carbons (Fsp3) is 0.364. The maximum Gasteiger partial charge on any atom is 0.228 e. The highest BCUT2D eigenvalue weighted by molar-refractivity contribution is 6.02. The second kappa shape index (κ2) is 9.13. The van der Waals surface area contributed by atoms with E-state index in [4.69, 9.17) is 4.74 Å². The summed E-state index contributed by atoms with van der Waals surface area (Å²) in [6.07, 6.45) is 6.83. The Bertz CT molecular complexity index is 1150. The molecule has 0 bridgehead atoms. The summed E-state index contributed by atoms with van der Waals surface area (Å²) in [6, 6.07) is 3.41. The minimum absolute atomic E-state index is 0.0408. The summed E-state index contributed by atoms with van der Waals surface area (Å²) in [5.74, 6) is 1.61. The fourth-order valence-electron chi connectivity index (χ4n) is 3.23. The highest BCUT2D eigenvalue weighted by Gasteiger charge is 2.30. The maximum absolute atomic E-state index is 12.5. The Morgan fingerprint density at radius 2 is 2.03 bits per heavy atom. The Balaban J connectivity index is 1.70. The molecule has 3 aromatic heterocycles. The molecule has 3 aromatic rings. The molecule has 10 heteroatoms. The number of amides is 1. The van der Waals surface area contributed by atoms with Crippen LogP contribution in [0, 0.1) is 5.92 Å². The highest BCUT2D eigenvalue weighted by atomic mass is 16.5. The van der Waals surface area contributed by atoms with E-state index in [9.17, 15) is 9.59 Å². The molecular weight excluding hydrogens is 410 g/mol. The Labute approximate surface area is 185 Å². The number of Topliss-reactive ketones (excluding diaryl/α,β-unsaturated/α-hetero) is 1. The molecule has 1 saturated carbocycles. The van der Waals surface area contributed by atoms with E-state index in [0.29, 0.717) is 53.0 Å². The number of methoxy groups -OCH3 is 1. The lowest BCUT2D eigenvalue weighted by Crippen LogP contribution is -2.15. The van der Waals surface area contributed by atoms with E-state index in [-0.39, 0.29) is 17.6 Å². The molecule has 1 aliphatic carbocycles. The molecule has 1 aliphatic rings. The minimum atomic E-state index is -0.0847. The molecule has 4 rings (SSSR count). The van der Waals surface area contributed by atoms with Gasteiger partial charge in [0.15, 0.2) is 23.2 Å². The van der Waals surface area contributed by atoms with Crippen molar-refractivity contribution in [3.63, 3.8) is 0 Å². The fourth-order valence-corrected chi connectivity index (χ4v) is 3.23. The van der Waals surface area contributed by atoms with Gasteiger partial charge in [-0.3, -0.25) is 14.3 Å². The van der Waals surface area contributed by atoms with Gasteiger partial charge in [0.25, 0.3) is 0 Å². The monoisotopic (exact) mass is 435 g/mol. The van der Waals surface area contributed by atoms with Crippen LogP contribution in [0.15, 0.2) is 30.9 Å². The van der Waals surface area contributed by atoms with Gasteiger partial charge in [-0.1, -0.05) is 6.92 Å². The van der Waals surface area contributed by atoms with Crippen LogP contribution in [0.2, 0.25) is 0 Å². The van der Waals surface area contributed by atoms with Crippen LogP contribution in [-0.4, -0.2) is 43.5 Å². The average Bonchev–Trinajstić information content (AvgIpc) is 3.56. The summed E-state index contributed by atoms with van der Waals surface area (Å²) in [7, 11) is 1.54. The van der Waals surface area contributed by atoms with Gasteiger partial charge in [-0.15, -0.1) is 0 Å². The number of rotatable bonds is 9. The summed E-state index contributed by atoms with van der Waals surface area (Å²) in [5.41, 5.74) is 1.55. The smallest absolute Gasteiger partial charge is 0.228 e. The van der Waals surface area contributed by atoms with E-state index >= 15 is 0 Å². The number of hydrogen-bond acceptors (Lipinski definition) is 8. The van der Waals surface area contributed by atoms with Crippen LogP contribution in [-0.2, 0) is 11.3 Å². The quantitative estimate of drug-likeness (QED) is 0.490. The van der Waals surface area contributed by atoms with Gasteiger partial charge in [-0.25, -0.2) is 15.0 Å². The van der Waals surface area contributed by atoms with Crippen molar-refractivity contribution in [3.8, 4) is 17.1 Å². The third-order valence-electron chi connectivity index (χ3n) is 5.19. The number of pyridine rings is 2. The first-order chi connectivity index (χ1) is 15.5. The van der Waals surface area contributed by atoms with Gasteiger partial charge >= 0.3 is 0 Å². The van der Waals surface area contributed by atoms with Crippen molar-refractivity contribution >= 4 is 29.0 Å². The Morgan fingerprint density at radius 1 is 1.22 bits per heavy atom. The predicted octanol–water partition coefficient (Wildman–Crippen LogP) is 3.45. The topological polar surface area (TPSA) is 124 Å². The van der Waals surface area contributed by atoms with Crippen molar-refractivity contribution in [1.82, 2.24) is 24.7 Å². The van der Waals surface area contributed by atoms with E-state index in [2.05, 4.69) is 30.7 Å². The SMILES string of the molecule is CCC(=O)c1cnc(NC(=O)C2CC2)cc1Nc1nccc(-c2ncn(CC)n2)c1OC. The normalized spacial score (nSPS) is 13.0. The van der Waals surface area contributed by atoms with Crippen molar-refractivity contribution in [2.45, 2.75) is 39.7 Å². The van der Waals surface area contributed by atoms with Crippen molar-refractivity contribution < 1.29 is 14.3 Å². The van der Waals surface area contributed by atoms with Crippen molar-refractivity contribution in [1.29, 1.82) is 0 Å². The second-order valence-corrected chi connectivity index (χ2v) is 7.44. The van der Waals surface area contributed by atoms with Crippen molar-refractivity contribution in [3.05, 3.63) is 36.4 Å². The summed E-state index contributed by atoms with van der Waals surface area (Å²) in [4.78, 5) is 37.7. The third-order valence-corrected chi connectivity index (χ3v) is 5.19. The standard InChI is InChI=1S/C22H25N7O3/c1-4-17(30)15-11-24-18(27-22(31)13-6-7-13)10-16(15)26-21-19(32-3)14(8-9-23-21)20-25-12-29(5-2)28-20/h8-13H,4-7H2,1-3H3,(H2,23,24,26,27,31). The zero-order valence-corrected chi connectivity index (χ0v) is 18.3. The third kappa shape index (κ3) is 4.43. The number of ketones is 1. The number of nitrogens with zero attached hydrogens (tertiary/aromatic N) is 5. The number of ether oxygens (including phenoxy) is 1. The number of anilines is 3. The number of aryl methyl sites for hydroxylation is 1. The van der Waals surface area contributed by atoms with Gasteiger partial charge in [0, 0.05) is 37.3 Å². The van der Waals surface area contributed by atoms with Crippen LogP contribution in [0.3, 0.4) is 0 Å². The number of carbonyl (C=O) groups excluding carboxylic acids is 2. The molecule has 1 fully saturated rings. The second-order valence-electron chi connectivity index (χ2n) is 7.44. The number of nitrogens with one attached hydrogen (secondary N) is 2. The highest BCUT2D eigenvalue weighted by Crippen LogP contribution is 2.36. The summed E-state index contributed by atoms with van der Waals surface area (Å²) in [5, 5.41) is 10.4. The number of carbonyl (C=O) groups is 2. The Hall–Kier alpha value is -3.82. The Kier molecular flexibility index (Phi) is 6.11.